The molecule has 0 aliphatic rings. The van der Waals surface area contributed by atoms with Crippen LogP contribution in [-0.4, -0.2) is 39.2 Å². The highest BCUT2D eigenvalue weighted by Crippen LogP contribution is 2.13. The van der Waals surface area contributed by atoms with E-state index in [0.717, 1.165) is 12.2 Å². The van der Waals surface area contributed by atoms with Crippen LogP contribution in [0.1, 0.15) is 33.4 Å². The van der Waals surface area contributed by atoms with Gasteiger partial charge in [0.25, 0.3) is 0 Å². The summed E-state index contributed by atoms with van der Waals surface area (Å²) in [6, 6.07) is 1.42. The van der Waals surface area contributed by atoms with E-state index in [1.807, 2.05) is 27.7 Å². The van der Waals surface area contributed by atoms with Crippen LogP contribution >= 0.6 is 0 Å². The van der Waals surface area contributed by atoms with E-state index < -0.39 is 10.0 Å². The van der Waals surface area contributed by atoms with Crippen molar-refractivity contribution in [1.29, 1.82) is 0 Å². The summed E-state index contributed by atoms with van der Waals surface area (Å²) < 4.78 is 32.9. The molecule has 0 radical (unpaired) electrons. The Bertz CT molecular complexity index is 511. The van der Waals surface area contributed by atoms with Gasteiger partial charge in [-0.3, -0.25) is 0 Å². The number of nitrogens with one attached hydrogen (secondary N) is 3. The molecule has 1 atom stereocenters. The van der Waals surface area contributed by atoms with E-state index in [-0.39, 0.29) is 16.9 Å². The summed E-state index contributed by atoms with van der Waals surface area (Å²) >= 11 is 0. The van der Waals surface area contributed by atoms with Crippen LogP contribution in [-0.2, 0) is 21.3 Å². The molecule has 21 heavy (non-hydrogen) atoms. The average Bonchev–Trinajstić information content (AvgIpc) is 2.90. The number of hydrogen-bond acceptors (Lipinski definition) is 4. The van der Waals surface area contributed by atoms with Gasteiger partial charge in [0.05, 0.1) is 11.5 Å². The van der Waals surface area contributed by atoms with Gasteiger partial charge >= 0.3 is 0 Å². The fourth-order valence-corrected chi connectivity index (χ4v) is 3.20. The standard InChI is InChI=1S/C14H27N3O3S/c1-5-15-8-12-7-13(9-16-12)21(18,19)17-14(11(3)4)10-20-6-2/h7,9,11,14-17H,5-6,8,10H2,1-4H3. The Kier molecular flexibility index (Phi) is 7.37. The first-order valence-corrected chi connectivity index (χ1v) is 8.87. The molecule has 1 unspecified atom stereocenters. The molecule has 1 aromatic rings. The van der Waals surface area contributed by atoms with Gasteiger partial charge in [-0.25, -0.2) is 13.1 Å². The van der Waals surface area contributed by atoms with Crippen molar-refractivity contribution in [1.82, 2.24) is 15.0 Å². The van der Waals surface area contributed by atoms with E-state index in [9.17, 15) is 8.42 Å². The molecule has 7 heteroatoms. The molecule has 0 saturated carbocycles. The van der Waals surface area contributed by atoms with Crippen molar-refractivity contribution in [3.05, 3.63) is 18.0 Å². The van der Waals surface area contributed by atoms with Crippen molar-refractivity contribution in [2.45, 2.75) is 45.2 Å². The summed E-state index contributed by atoms with van der Waals surface area (Å²) in [7, 11) is -3.53. The number of hydrogen-bond donors (Lipinski definition) is 3. The van der Waals surface area contributed by atoms with Crippen molar-refractivity contribution < 1.29 is 13.2 Å². The highest BCUT2D eigenvalue weighted by Gasteiger charge is 2.23. The lowest BCUT2D eigenvalue weighted by Gasteiger charge is -2.21. The lowest BCUT2D eigenvalue weighted by Crippen LogP contribution is -2.41. The second-order valence-electron chi connectivity index (χ2n) is 5.27. The van der Waals surface area contributed by atoms with Gasteiger partial charge in [-0.15, -0.1) is 0 Å². The fraction of sp³-hybridized carbons (Fsp3) is 0.714. The smallest absolute Gasteiger partial charge is 0.242 e. The maximum absolute atomic E-state index is 12.4. The van der Waals surface area contributed by atoms with Crippen molar-refractivity contribution in [2.75, 3.05) is 19.8 Å². The topological polar surface area (TPSA) is 83.2 Å². The lowest BCUT2D eigenvalue weighted by molar-refractivity contribution is 0.116. The molecule has 0 fully saturated rings. The Labute approximate surface area is 127 Å². The Hall–Kier alpha value is -0.890. The molecule has 0 bridgehead atoms. The average molecular weight is 317 g/mol. The molecular weight excluding hydrogens is 290 g/mol. The third-order valence-electron chi connectivity index (χ3n) is 3.20. The number of rotatable bonds is 10. The second kappa shape index (κ2) is 8.53. The number of aromatic nitrogens is 1. The summed E-state index contributed by atoms with van der Waals surface area (Å²) in [5.74, 6) is 0.159. The van der Waals surface area contributed by atoms with Crippen LogP contribution in [0.2, 0.25) is 0 Å². The van der Waals surface area contributed by atoms with Gasteiger partial charge in [0.15, 0.2) is 0 Å². The Morgan fingerprint density at radius 3 is 2.62 bits per heavy atom. The van der Waals surface area contributed by atoms with Crippen LogP contribution in [0.25, 0.3) is 0 Å². The zero-order valence-electron chi connectivity index (χ0n) is 13.3. The first-order valence-electron chi connectivity index (χ1n) is 7.38. The quantitative estimate of drug-likeness (QED) is 0.610. The minimum atomic E-state index is -3.53. The zero-order chi connectivity index (χ0) is 15.9. The molecule has 0 aromatic carbocycles. The van der Waals surface area contributed by atoms with Gasteiger partial charge in [-0.2, -0.15) is 0 Å². The summed E-state index contributed by atoms with van der Waals surface area (Å²) in [5.41, 5.74) is 0.850. The predicted octanol–water partition coefficient (Wildman–Crippen LogP) is 1.46. The third-order valence-corrected chi connectivity index (χ3v) is 4.67. The zero-order valence-corrected chi connectivity index (χ0v) is 14.1. The lowest BCUT2D eigenvalue weighted by atomic mass is 10.1. The molecular formula is C14H27N3O3S. The molecule has 122 valence electrons. The third kappa shape index (κ3) is 5.78. The van der Waals surface area contributed by atoms with Gasteiger partial charge in [-0.05, 0) is 25.5 Å². The largest absolute Gasteiger partial charge is 0.380 e. The normalized spacial score (nSPS) is 13.8. The Balaban J connectivity index is 2.76. The van der Waals surface area contributed by atoms with E-state index in [0.29, 0.717) is 19.8 Å². The summed E-state index contributed by atoms with van der Waals surface area (Å²) in [5, 5.41) is 3.15. The minimum absolute atomic E-state index is 0.159. The molecule has 1 aromatic heterocycles. The van der Waals surface area contributed by atoms with Crippen LogP contribution in [0, 0.1) is 5.92 Å². The minimum Gasteiger partial charge on any atom is -0.380 e. The molecule has 0 aliphatic heterocycles. The molecule has 0 spiro atoms. The van der Waals surface area contributed by atoms with Crippen LogP contribution in [0.4, 0.5) is 0 Å². The number of sulfonamides is 1. The maximum Gasteiger partial charge on any atom is 0.242 e. The highest BCUT2D eigenvalue weighted by atomic mass is 32.2. The Morgan fingerprint density at radius 2 is 2.05 bits per heavy atom. The van der Waals surface area contributed by atoms with E-state index in [2.05, 4.69) is 15.0 Å². The van der Waals surface area contributed by atoms with Crippen molar-refractivity contribution in [2.24, 2.45) is 5.92 Å². The monoisotopic (exact) mass is 317 g/mol. The second-order valence-corrected chi connectivity index (χ2v) is 6.99. The fourth-order valence-electron chi connectivity index (χ4n) is 1.81. The predicted molar refractivity (Wildman–Crippen MR) is 83.6 cm³/mol. The van der Waals surface area contributed by atoms with Crippen LogP contribution in [0.3, 0.4) is 0 Å². The number of H-pyrrole nitrogens is 1. The molecule has 6 nitrogen and oxygen atoms in total. The van der Waals surface area contributed by atoms with Crippen molar-refractivity contribution in [3.63, 3.8) is 0 Å². The Morgan fingerprint density at radius 1 is 1.33 bits per heavy atom. The van der Waals surface area contributed by atoms with E-state index in [1.165, 1.54) is 6.20 Å². The first kappa shape index (κ1) is 18.2. The van der Waals surface area contributed by atoms with Crippen LogP contribution in [0.5, 0.6) is 0 Å². The highest BCUT2D eigenvalue weighted by molar-refractivity contribution is 7.89. The van der Waals surface area contributed by atoms with Crippen molar-refractivity contribution >= 4 is 10.0 Å². The molecule has 0 amide bonds. The first-order chi connectivity index (χ1) is 9.90. The van der Waals surface area contributed by atoms with Gasteiger partial charge in [-0.1, -0.05) is 20.8 Å². The van der Waals surface area contributed by atoms with E-state index in [1.54, 1.807) is 6.07 Å². The van der Waals surface area contributed by atoms with Gasteiger partial charge in [0.1, 0.15) is 0 Å². The van der Waals surface area contributed by atoms with E-state index >= 15 is 0 Å². The van der Waals surface area contributed by atoms with Gasteiger partial charge in [0.2, 0.25) is 10.0 Å². The van der Waals surface area contributed by atoms with Crippen molar-refractivity contribution in [3.8, 4) is 0 Å². The SMILES string of the molecule is CCNCc1cc(S(=O)(=O)NC(COCC)C(C)C)c[nH]1. The summed E-state index contributed by atoms with van der Waals surface area (Å²) in [4.78, 5) is 3.24. The van der Waals surface area contributed by atoms with Gasteiger partial charge in [0, 0.05) is 31.1 Å². The van der Waals surface area contributed by atoms with E-state index in [4.69, 9.17) is 4.74 Å². The van der Waals surface area contributed by atoms with Crippen LogP contribution in [0.15, 0.2) is 17.2 Å². The molecule has 3 N–H and O–H groups in total. The molecule has 0 saturated heterocycles. The summed E-state index contributed by atoms with van der Waals surface area (Å²) in [6.45, 7) is 10.2. The number of aromatic amines is 1. The molecule has 1 rings (SSSR count). The summed E-state index contributed by atoms with van der Waals surface area (Å²) in [6.07, 6.45) is 1.52. The molecule has 1 heterocycles. The van der Waals surface area contributed by atoms with Gasteiger partial charge < -0.3 is 15.0 Å². The maximum atomic E-state index is 12.4. The van der Waals surface area contributed by atoms with Crippen LogP contribution < -0.4 is 10.0 Å². The number of ether oxygens (including phenoxy) is 1. The molecule has 0 aliphatic carbocycles.